The van der Waals surface area contributed by atoms with E-state index in [1.54, 1.807) is 31.2 Å². The molecule has 1 aliphatic carbocycles. The van der Waals surface area contributed by atoms with Crippen LogP contribution in [0, 0.1) is 20.2 Å². The summed E-state index contributed by atoms with van der Waals surface area (Å²) >= 11 is 0. The lowest BCUT2D eigenvalue weighted by atomic mass is 9.87. The van der Waals surface area contributed by atoms with Crippen molar-refractivity contribution in [1.29, 1.82) is 0 Å². The Hall–Kier alpha value is -3.35. The third-order valence-electron chi connectivity index (χ3n) is 4.41. The minimum absolute atomic E-state index is 0.0482. The summed E-state index contributed by atoms with van der Waals surface area (Å²) in [6, 6.07) is 12.3. The highest BCUT2D eigenvalue weighted by Crippen LogP contribution is 2.44. The summed E-state index contributed by atoms with van der Waals surface area (Å²) < 4.78 is 0. The highest BCUT2D eigenvalue weighted by molar-refractivity contribution is 6.09. The molecule has 0 heterocycles. The predicted molar refractivity (Wildman–Crippen MR) is 91.2 cm³/mol. The minimum atomic E-state index is -0.488. The van der Waals surface area contributed by atoms with Crippen molar-refractivity contribution in [2.75, 3.05) is 0 Å². The van der Waals surface area contributed by atoms with Gasteiger partial charge in [-0.2, -0.15) is 0 Å². The highest BCUT2D eigenvalue weighted by atomic mass is 16.6. The van der Waals surface area contributed by atoms with Crippen LogP contribution in [0.25, 0.3) is 5.57 Å². The van der Waals surface area contributed by atoms with Gasteiger partial charge in [-0.15, -0.1) is 0 Å². The lowest BCUT2D eigenvalue weighted by molar-refractivity contribution is -0.385. The molecule has 1 unspecified atom stereocenters. The van der Waals surface area contributed by atoms with Gasteiger partial charge >= 0.3 is 0 Å². The number of benzene rings is 2. The molecule has 0 amide bonds. The maximum atomic E-state index is 12.3. The predicted octanol–water partition coefficient (Wildman–Crippen LogP) is 4.03. The first kappa shape index (κ1) is 16.5. The van der Waals surface area contributed by atoms with Crippen LogP contribution in [0.15, 0.2) is 54.1 Å². The van der Waals surface area contributed by atoms with Crippen LogP contribution >= 0.6 is 0 Å². The third kappa shape index (κ3) is 3.03. The standard InChI is InChI=1S/C18H14N2O5/c1-11-17(21)10-16(12-4-2-6-14(8-12)19(22)23)18(11)13-5-3-7-15(9-13)20(24)25/h2-9,16H,10H2,1H3. The van der Waals surface area contributed by atoms with Gasteiger partial charge in [0.05, 0.1) is 9.85 Å². The van der Waals surface area contributed by atoms with Gasteiger partial charge in [-0.3, -0.25) is 25.0 Å². The van der Waals surface area contributed by atoms with Crippen LogP contribution in [0.1, 0.15) is 30.4 Å². The van der Waals surface area contributed by atoms with Crippen molar-refractivity contribution >= 4 is 22.7 Å². The molecule has 126 valence electrons. The number of nitro benzene ring substituents is 2. The Morgan fingerprint density at radius 3 is 2.20 bits per heavy atom. The van der Waals surface area contributed by atoms with Crippen molar-refractivity contribution in [3.05, 3.63) is 85.5 Å². The Bertz CT molecular complexity index is 933. The van der Waals surface area contributed by atoms with Crippen molar-refractivity contribution in [2.24, 2.45) is 0 Å². The zero-order chi connectivity index (χ0) is 18.1. The van der Waals surface area contributed by atoms with E-state index in [0.717, 1.165) is 0 Å². The van der Waals surface area contributed by atoms with Crippen LogP contribution in [0.4, 0.5) is 11.4 Å². The number of rotatable bonds is 4. The average Bonchev–Trinajstić information content (AvgIpc) is 2.90. The molecule has 0 radical (unpaired) electrons. The lowest BCUT2D eigenvalue weighted by Crippen LogP contribution is -2.01. The summed E-state index contributed by atoms with van der Waals surface area (Å²) in [4.78, 5) is 33.3. The van der Waals surface area contributed by atoms with Gasteiger partial charge in [0, 0.05) is 36.6 Å². The number of hydrogen-bond acceptors (Lipinski definition) is 5. The van der Waals surface area contributed by atoms with E-state index in [-0.39, 0.29) is 29.5 Å². The molecule has 25 heavy (non-hydrogen) atoms. The van der Waals surface area contributed by atoms with Crippen molar-refractivity contribution < 1.29 is 14.6 Å². The van der Waals surface area contributed by atoms with Gasteiger partial charge in [-0.1, -0.05) is 24.3 Å². The van der Waals surface area contributed by atoms with Gasteiger partial charge < -0.3 is 0 Å². The zero-order valence-electron chi connectivity index (χ0n) is 13.3. The number of Topliss-reactive ketones (excluding diaryl/α,β-unsaturated/α-hetero) is 1. The molecule has 1 aliphatic rings. The number of non-ortho nitro benzene ring substituents is 2. The molecule has 0 saturated heterocycles. The molecule has 0 spiro atoms. The van der Waals surface area contributed by atoms with Crippen molar-refractivity contribution in [2.45, 2.75) is 19.3 Å². The SMILES string of the molecule is CC1=C(c2cccc([N+](=O)[O-])c2)C(c2cccc([N+](=O)[O-])c2)CC1=O. The Kier molecular flexibility index (Phi) is 4.14. The molecule has 7 heteroatoms. The fourth-order valence-corrected chi connectivity index (χ4v) is 3.20. The molecule has 0 fully saturated rings. The molecular weight excluding hydrogens is 324 g/mol. The molecule has 0 bridgehead atoms. The summed E-state index contributed by atoms with van der Waals surface area (Å²) in [5.41, 5.74) is 2.36. The second-order valence-corrected chi connectivity index (χ2v) is 5.88. The molecule has 0 N–H and O–H groups in total. The molecule has 7 nitrogen and oxygen atoms in total. The fraction of sp³-hybridized carbons (Fsp3) is 0.167. The summed E-state index contributed by atoms with van der Waals surface area (Å²) in [5.74, 6) is -0.410. The molecular formula is C18H14N2O5. The Morgan fingerprint density at radius 1 is 0.960 bits per heavy atom. The van der Waals surface area contributed by atoms with E-state index in [2.05, 4.69) is 0 Å². The topological polar surface area (TPSA) is 103 Å². The maximum Gasteiger partial charge on any atom is 0.270 e. The number of nitrogens with zero attached hydrogens (tertiary/aromatic N) is 2. The zero-order valence-corrected chi connectivity index (χ0v) is 13.3. The quantitative estimate of drug-likeness (QED) is 0.618. The monoisotopic (exact) mass is 338 g/mol. The Morgan fingerprint density at radius 2 is 1.56 bits per heavy atom. The number of nitro groups is 2. The van der Waals surface area contributed by atoms with Crippen molar-refractivity contribution in [3.63, 3.8) is 0 Å². The summed E-state index contributed by atoms with van der Waals surface area (Å²) in [5, 5.41) is 22.1. The van der Waals surface area contributed by atoms with Crippen molar-refractivity contribution in [1.82, 2.24) is 0 Å². The largest absolute Gasteiger partial charge is 0.295 e. The normalized spacial score (nSPS) is 17.0. The Balaban J connectivity index is 2.11. The number of hydrogen-bond donors (Lipinski definition) is 0. The minimum Gasteiger partial charge on any atom is -0.295 e. The highest BCUT2D eigenvalue weighted by Gasteiger charge is 2.33. The van der Waals surface area contributed by atoms with Gasteiger partial charge in [0.2, 0.25) is 0 Å². The summed E-state index contributed by atoms with van der Waals surface area (Å²) in [6.45, 7) is 1.69. The first-order valence-corrected chi connectivity index (χ1v) is 7.61. The number of allylic oxidation sites excluding steroid dienone is 2. The molecule has 2 aromatic carbocycles. The maximum absolute atomic E-state index is 12.3. The number of carbonyl (C=O) groups is 1. The van der Waals surface area contributed by atoms with Gasteiger partial charge in [-0.25, -0.2) is 0 Å². The van der Waals surface area contributed by atoms with Crippen LogP contribution in [-0.2, 0) is 4.79 Å². The van der Waals surface area contributed by atoms with E-state index >= 15 is 0 Å². The van der Waals surface area contributed by atoms with Crippen molar-refractivity contribution in [3.8, 4) is 0 Å². The van der Waals surface area contributed by atoms with Crippen LogP contribution in [0.5, 0.6) is 0 Å². The summed E-state index contributed by atoms with van der Waals surface area (Å²) in [6.07, 6.45) is 0.199. The van der Waals surface area contributed by atoms with Gasteiger partial charge in [-0.05, 0) is 29.2 Å². The van der Waals surface area contributed by atoms with Gasteiger partial charge in [0.15, 0.2) is 5.78 Å². The smallest absolute Gasteiger partial charge is 0.270 e. The third-order valence-corrected chi connectivity index (χ3v) is 4.41. The van der Waals surface area contributed by atoms with E-state index in [1.807, 2.05) is 0 Å². The second-order valence-electron chi connectivity index (χ2n) is 5.88. The molecule has 3 rings (SSSR count). The number of ketones is 1. The average molecular weight is 338 g/mol. The first-order valence-electron chi connectivity index (χ1n) is 7.61. The van der Waals surface area contributed by atoms with E-state index in [0.29, 0.717) is 22.3 Å². The Labute approximate surface area is 142 Å². The number of carbonyl (C=O) groups excluding carboxylic acids is 1. The van der Waals surface area contributed by atoms with Crippen LogP contribution in [0.2, 0.25) is 0 Å². The van der Waals surface area contributed by atoms with E-state index in [9.17, 15) is 25.0 Å². The van der Waals surface area contributed by atoms with E-state index in [1.165, 1.54) is 24.3 Å². The molecule has 0 aliphatic heterocycles. The molecule has 0 saturated carbocycles. The molecule has 2 aromatic rings. The summed E-state index contributed by atoms with van der Waals surface area (Å²) in [7, 11) is 0. The second kappa shape index (κ2) is 6.27. The van der Waals surface area contributed by atoms with Crippen LogP contribution in [-0.4, -0.2) is 15.6 Å². The molecule has 0 aromatic heterocycles. The van der Waals surface area contributed by atoms with Crippen LogP contribution < -0.4 is 0 Å². The van der Waals surface area contributed by atoms with E-state index < -0.39 is 9.85 Å². The van der Waals surface area contributed by atoms with Gasteiger partial charge in [0.25, 0.3) is 11.4 Å². The molecule has 1 atom stereocenters. The van der Waals surface area contributed by atoms with Gasteiger partial charge in [0.1, 0.15) is 0 Å². The van der Waals surface area contributed by atoms with Crippen LogP contribution in [0.3, 0.4) is 0 Å². The lowest BCUT2D eigenvalue weighted by Gasteiger charge is -2.15. The first-order chi connectivity index (χ1) is 11.9. The van der Waals surface area contributed by atoms with E-state index in [4.69, 9.17) is 0 Å². The fourth-order valence-electron chi connectivity index (χ4n) is 3.20.